The monoisotopic (exact) mass is 368 g/mol. The van der Waals surface area contributed by atoms with E-state index in [1.807, 2.05) is 0 Å². The van der Waals surface area contributed by atoms with Crippen LogP contribution in [0, 0.1) is 11.6 Å². The lowest BCUT2D eigenvalue weighted by Crippen LogP contribution is -2.36. The number of carbonyl (C=O) groups is 1. The Hall–Kier alpha value is -2.62. The van der Waals surface area contributed by atoms with Crippen molar-refractivity contribution in [3.05, 3.63) is 47.9 Å². The van der Waals surface area contributed by atoms with Crippen LogP contribution in [-0.4, -0.2) is 41.8 Å². The predicted molar refractivity (Wildman–Crippen MR) is 86.2 cm³/mol. The van der Waals surface area contributed by atoms with E-state index < -0.39 is 33.4 Å². The number of aromatic nitrogens is 2. The molecule has 1 aromatic heterocycles. The molecule has 2 aromatic rings. The Labute approximate surface area is 142 Å². The summed E-state index contributed by atoms with van der Waals surface area (Å²) in [5, 5.41) is 5.03. The first-order valence-corrected chi connectivity index (χ1v) is 9.20. The lowest BCUT2D eigenvalue weighted by Gasteiger charge is -2.11. The van der Waals surface area contributed by atoms with Crippen LogP contribution in [0.25, 0.3) is 0 Å². The molecule has 1 atom stereocenters. The van der Waals surface area contributed by atoms with Crippen molar-refractivity contribution in [3.8, 4) is 0 Å². The lowest BCUT2D eigenvalue weighted by atomic mass is 10.2. The largest absolute Gasteiger partial charge is 0.347 e. The summed E-state index contributed by atoms with van der Waals surface area (Å²) in [6, 6.07) is 2.97. The average Bonchev–Trinajstić information content (AvgIpc) is 2.90. The van der Waals surface area contributed by atoms with Gasteiger partial charge in [0.15, 0.2) is 9.84 Å². The van der Waals surface area contributed by atoms with E-state index >= 15 is 0 Å². The number of benzene rings is 1. The van der Waals surface area contributed by atoms with Gasteiger partial charge in [-0.25, -0.2) is 27.2 Å². The minimum absolute atomic E-state index is 0.0242. The van der Waals surface area contributed by atoms with E-state index in [-0.39, 0.29) is 28.7 Å². The van der Waals surface area contributed by atoms with E-state index in [1.54, 1.807) is 0 Å². The fourth-order valence-electron chi connectivity index (χ4n) is 2.42. The second kappa shape index (κ2) is 6.71. The number of carbonyl (C=O) groups excluding carboxylic acids is 1. The first-order valence-electron chi connectivity index (χ1n) is 7.38. The second-order valence-corrected chi connectivity index (χ2v) is 7.81. The highest BCUT2D eigenvalue weighted by molar-refractivity contribution is 7.91. The number of anilines is 2. The molecule has 1 unspecified atom stereocenters. The maximum absolute atomic E-state index is 13.6. The molecule has 0 saturated carbocycles. The molecule has 1 aliphatic rings. The SMILES string of the molecule is O=C(NC1CCS(=O)(=O)C1)c1cnc(Nc2c(F)cccc2F)cn1. The number of nitrogens with zero attached hydrogens (tertiary/aromatic N) is 2. The van der Waals surface area contributed by atoms with Crippen molar-refractivity contribution in [1.82, 2.24) is 15.3 Å². The first kappa shape index (κ1) is 17.2. The van der Waals surface area contributed by atoms with Crippen molar-refractivity contribution in [1.29, 1.82) is 0 Å². The van der Waals surface area contributed by atoms with Crippen LogP contribution in [0.2, 0.25) is 0 Å². The zero-order valence-corrected chi connectivity index (χ0v) is 13.7. The highest BCUT2D eigenvalue weighted by Crippen LogP contribution is 2.21. The molecule has 2 N–H and O–H groups in total. The summed E-state index contributed by atoms with van der Waals surface area (Å²) in [5.41, 5.74) is -0.394. The smallest absolute Gasteiger partial charge is 0.271 e. The van der Waals surface area contributed by atoms with Gasteiger partial charge in [0, 0.05) is 6.04 Å². The normalized spacial score (nSPS) is 18.7. The molecule has 1 aromatic carbocycles. The van der Waals surface area contributed by atoms with E-state index in [1.165, 1.54) is 6.07 Å². The van der Waals surface area contributed by atoms with Crippen molar-refractivity contribution in [2.24, 2.45) is 0 Å². The molecule has 1 amide bonds. The summed E-state index contributed by atoms with van der Waals surface area (Å²) in [7, 11) is -3.10. The molecule has 1 aliphatic heterocycles. The average molecular weight is 368 g/mol. The molecule has 0 spiro atoms. The molecule has 0 bridgehead atoms. The van der Waals surface area contributed by atoms with Crippen LogP contribution in [0.3, 0.4) is 0 Å². The van der Waals surface area contributed by atoms with Gasteiger partial charge in [-0.05, 0) is 18.6 Å². The number of hydrogen-bond acceptors (Lipinski definition) is 6. The number of nitrogens with one attached hydrogen (secondary N) is 2. The molecule has 7 nitrogen and oxygen atoms in total. The molecule has 1 saturated heterocycles. The minimum Gasteiger partial charge on any atom is -0.347 e. The number of halogens is 2. The van der Waals surface area contributed by atoms with Crippen molar-refractivity contribution in [2.45, 2.75) is 12.5 Å². The standard InChI is InChI=1S/C15H14F2N4O3S/c16-10-2-1-3-11(17)14(10)21-13-7-18-12(6-19-13)15(22)20-9-4-5-25(23,24)8-9/h1-3,6-7,9H,4-5,8H2,(H,19,21)(H,20,22). The van der Waals surface area contributed by atoms with Crippen molar-refractivity contribution in [3.63, 3.8) is 0 Å². The van der Waals surface area contributed by atoms with Gasteiger partial charge >= 0.3 is 0 Å². The Kier molecular flexibility index (Phi) is 4.62. The van der Waals surface area contributed by atoms with Crippen LogP contribution in [0.1, 0.15) is 16.9 Å². The van der Waals surface area contributed by atoms with Crippen LogP contribution in [0.15, 0.2) is 30.6 Å². The second-order valence-electron chi connectivity index (χ2n) is 5.58. The van der Waals surface area contributed by atoms with E-state index in [9.17, 15) is 22.0 Å². The van der Waals surface area contributed by atoms with Gasteiger partial charge in [-0.15, -0.1) is 0 Å². The number of amides is 1. The summed E-state index contributed by atoms with van der Waals surface area (Å²) < 4.78 is 49.9. The molecule has 2 heterocycles. The van der Waals surface area contributed by atoms with Gasteiger partial charge in [0.2, 0.25) is 0 Å². The lowest BCUT2D eigenvalue weighted by molar-refractivity contribution is 0.0935. The minimum atomic E-state index is -3.10. The molecule has 25 heavy (non-hydrogen) atoms. The summed E-state index contributed by atoms with van der Waals surface area (Å²) in [4.78, 5) is 19.8. The Morgan fingerprint density at radius 1 is 1.16 bits per heavy atom. The molecular formula is C15H14F2N4O3S. The zero-order chi connectivity index (χ0) is 18.0. The molecule has 0 radical (unpaired) electrons. The van der Waals surface area contributed by atoms with Crippen LogP contribution in [0.5, 0.6) is 0 Å². The van der Waals surface area contributed by atoms with Gasteiger partial charge < -0.3 is 10.6 Å². The maximum Gasteiger partial charge on any atom is 0.271 e. The number of rotatable bonds is 4. The van der Waals surface area contributed by atoms with Crippen LogP contribution in [-0.2, 0) is 9.84 Å². The Bertz CT molecular complexity index is 883. The summed E-state index contributed by atoms with van der Waals surface area (Å²) >= 11 is 0. The van der Waals surface area contributed by atoms with Gasteiger partial charge in [-0.1, -0.05) is 6.07 Å². The Morgan fingerprint density at radius 3 is 2.44 bits per heavy atom. The first-order chi connectivity index (χ1) is 11.8. The number of sulfone groups is 1. The Balaban J connectivity index is 1.67. The molecular weight excluding hydrogens is 354 g/mol. The Morgan fingerprint density at radius 2 is 1.88 bits per heavy atom. The molecule has 10 heteroatoms. The van der Waals surface area contributed by atoms with E-state index in [4.69, 9.17) is 0 Å². The van der Waals surface area contributed by atoms with Gasteiger partial charge in [0.25, 0.3) is 5.91 Å². The van der Waals surface area contributed by atoms with E-state index in [0.29, 0.717) is 6.42 Å². The summed E-state index contributed by atoms with van der Waals surface area (Å²) in [6.07, 6.45) is 2.65. The van der Waals surface area contributed by atoms with Gasteiger partial charge in [-0.2, -0.15) is 0 Å². The van der Waals surface area contributed by atoms with Gasteiger partial charge in [-0.3, -0.25) is 4.79 Å². The third-order valence-electron chi connectivity index (χ3n) is 3.67. The van der Waals surface area contributed by atoms with Gasteiger partial charge in [0.05, 0.1) is 23.9 Å². The van der Waals surface area contributed by atoms with Crippen molar-refractivity contribution < 1.29 is 22.0 Å². The van der Waals surface area contributed by atoms with Crippen LogP contribution < -0.4 is 10.6 Å². The summed E-state index contributed by atoms with van der Waals surface area (Å²) in [5.74, 6) is -2.13. The maximum atomic E-state index is 13.6. The van der Waals surface area contributed by atoms with Gasteiger partial charge in [0.1, 0.15) is 28.8 Å². The fourth-order valence-corrected chi connectivity index (χ4v) is 4.10. The van der Waals surface area contributed by atoms with Crippen LogP contribution in [0.4, 0.5) is 20.3 Å². The molecule has 1 fully saturated rings. The van der Waals surface area contributed by atoms with Crippen molar-refractivity contribution >= 4 is 27.2 Å². The van der Waals surface area contributed by atoms with E-state index in [2.05, 4.69) is 20.6 Å². The topological polar surface area (TPSA) is 101 Å². The summed E-state index contributed by atoms with van der Waals surface area (Å²) in [6.45, 7) is 0. The highest BCUT2D eigenvalue weighted by Gasteiger charge is 2.29. The number of para-hydroxylation sites is 1. The fraction of sp³-hybridized carbons (Fsp3) is 0.267. The molecule has 0 aliphatic carbocycles. The third kappa shape index (κ3) is 4.08. The van der Waals surface area contributed by atoms with Crippen LogP contribution >= 0.6 is 0 Å². The highest BCUT2D eigenvalue weighted by atomic mass is 32.2. The molecule has 132 valence electrons. The molecule has 3 rings (SSSR count). The van der Waals surface area contributed by atoms with E-state index in [0.717, 1.165) is 24.5 Å². The number of hydrogen-bond donors (Lipinski definition) is 2. The quantitative estimate of drug-likeness (QED) is 0.846. The zero-order valence-electron chi connectivity index (χ0n) is 12.9. The predicted octanol–water partition coefficient (Wildman–Crippen LogP) is 1.42. The van der Waals surface area contributed by atoms with Crippen molar-refractivity contribution in [2.75, 3.05) is 16.8 Å². The third-order valence-corrected chi connectivity index (χ3v) is 5.44.